The summed E-state index contributed by atoms with van der Waals surface area (Å²) in [5.41, 5.74) is 0. The van der Waals surface area contributed by atoms with Crippen molar-refractivity contribution in [1.82, 2.24) is 0 Å². The Morgan fingerprint density at radius 1 is 1.53 bits per heavy atom. The SMILES string of the molecule is CCOC(=O)CCC1CC2C=CC1C2O. The molecule has 0 aromatic rings. The van der Waals surface area contributed by atoms with Gasteiger partial charge in [-0.3, -0.25) is 4.79 Å². The molecule has 0 saturated heterocycles. The van der Waals surface area contributed by atoms with Gasteiger partial charge in [-0.2, -0.15) is 0 Å². The van der Waals surface area contributed by atoms with Crippen LogP contribution in [0.2, 0.25) is 0 Å². The Hall–Kier alpha value is -0.830. The van der Waals surface area contributed by atoms with Crippen LogP contribution in [0.15, 0.2) is 12.2 Å². The molecule has 84 valence electrons. The third kappa shape index (κ3) is 2.07. The third-order valence-corrected chi connectivity index (χ3v) is 3.56. The van der Waals surface area contributed by atoms with Gasteiger partial charge in [-0.15, -0.1) is 0 Å². The Bertz CT molecular complexity index is 272. The van der Waals surface area contributed by atoms with E-state index in [0.717, 1.165) is 12.8 Å². The number of carbonyl (C=O) groups excluding carboxylic acids is 1. The first-order valence-corrected chi connectivity index (χ1v) is 5.74. The van der Waals surface area contributed by atoms with E-state index in [1.54, 1.807) is 0 Å². The van der Waals surface area contributed by atoms with E-state index in [1.807, 2.05) is 6.92 Å². The van der Waals surface area contributed by atoms with Gasteiger partial charge in [-0.1, -0.05) is 12.2 Å². The van der Waals surface area contributed by atoms with Gasteiger partial charge in [0.1, 0.15) is 0 Å². The summed E-state index contributed by atoms with van der Waals surface area (Å²) in [4.78, 5) is 11.2. The summed E-state index contributed by atoms with van der Waals surface area (Å²) in [6.07, 6.45) is 6.38. The smallest absolute Gasteiger partial charge is 0.305 e. The maximum absolute atomic E-state index is 11.2. The quantitative estimate of drug-likeness (QED) is 0.565. The molecule has 0 radical (unpaired) electrons. The first-order valence-electron chi connectivity index (χ1n) is 5.74. The summed E-state index contributed by atoms with van der Waals surface area (Å²) in [6.45, 7) is 2.28. The molecule has 2 rings (SSSR count). The van der Waals surface area contributed by atoms with Gasteiger partial charge in [0, 0.05) is 18.3 Å². The molecule has 0 heterocycles. The fourth-order valence-electron chi connectivity index (χ4n) is 2.79. The monoisotopic (exact) mass is 210 g/mol. The van der Waals surface area contributed by atoms with Gasteiger partial charge in [-0.05, 0) is 25.7 Å². The van der Waals surface area contributed by atoms with Gasteiger partial charge < -0.3 is 9.84 Å². The maximum atomic E-state index is 11.2. The van der Waals surface area contributed by atoms with E-state index in [1.165, 1.54) is 0 Å². The topological polar surface area (TPSA) is 46.5 Å². The molecule has 4 atom stereocenters. The predicted octanol–water partition coefficient (Wildman–Crippen LogP) is 1.51. The molecule has 1 saturated carbocycles. The number of aliphatic hydroxyl groups excluding tert-OH is 1. The summed E-state index contributed by atoms with van der Waals surface area (Å²) in [5, 5.41) is 9.79. The lowest BCUT2D eigenvalue weighted by Crippen LogP contribution is -2.17. The van der Waals surface area contributed by atoms with Crippen LogP contribution in [0.25, 0.3) is 0 Å². The Morgan fingerprint density at radius 3 is 2.87 bits per heavy atom. The number of esters is 1. The van der Waals surface area contributed by atoms with E-state index in [9.17, 15) is 9.90 Å². The zero-order valence-electron chi connectivity index (χ0n) is 9.06. The molecule has 4 unspecified atom stereocenters. The molecular formula is C12H18O3. The van der Waals surface area contributed by atoms with Crippen molar-refractivity contribution in [1.29, 1.82) is 0 Å². The van der Waals surface area contributed by atoms with Crippen molar-refractivity contribution in [3.8, 4) is 0 Å². The summed E-state index contributed by atoms with van der Waals surface area (Å²) < 4.78 is 4.89. The molecule has 1 N–H and O–H groups in total. The summed E-state index contributed by atoms with van der Waals surface area (Å²) in [7, 11) is 0. The molecule has 0 aromatic carbocycles. The molecule has 3 heteroatoms. The molecular weight excluding hydrogens is 192 g/mol. The van der Waals surface area contributed by atoms with Crippen LogP contribution in [0.1, 0.15) is 26.2 Å². The Balaban J connectivity index is 1.78. The van der Waals surface area contributed by atoms with Crippen LogP contribution in [-0.4, -0.2) is 23.8 Å². The number of aliphatic hydroxyl groups is 1. The number of carbonyl (C=O) groups is 1. The molecule has 0 aliphatic heterocycles. The molecule has 2 aliphatic carbocycles. The van der Waals surface area contributed by atoms with Gasteiger partial charge in [0.15, 0.2) is 0 Å². The highest BCUT2D eigenvalue weighted by Crippen LogP contribution is 2.45. The van der Waals surface area contributed by atoms with Crippen molar-refractivity contribution in [3.05, 3.63) is 12.2 Å². The second-order valence-electron chi connectivity index (χ2n) is 4.46. The van der Waals surface area contributed by atoms with Crippen LogP contribution in [0.4, 0.5) is 0 Å². The average molecular weight is 210 g/mol. The number of rotatable bonds is 4. The highest BCUT2D eigenvalue weighted by Gasteiger charge is 2.43. The highest BCUT2D eigenvalue weighted by atomic mass is 16.5. The molecule has 3 nitrogen and oxygen atoms in total. The van der Waals surface area contributed by atoms with Crippen molar-refractivity contribution >= 4 is 5.97 Å². The predicted molar refractivity (Wildman–Crippen MR) is 56.1 cm³/mol. The van der Waals surface area contributed by atoms with E-state index in [-0.39, 0.29) is 18.0 Å². The minimum absolute atomic E-state index is 0.112. The second kappa shape index (κ2) is 4.35. The van der Waals surface area contributed by atoms with E-state index >= 15 is 0 Å². The number of hydrogen-bond donors (Lipinski definition) is 1. The number of hydrogen-bond acceptors (Lipinski definition) is 3. The molecule has 0 amide bonds. The fraction of sp³-hybridized carbons (Fsp3) is 0.750. The highest BCUT2D eigenvalue weighted by molar-refractivity contribution is 5.69. The standard InChI is InChI=1S/C12H18O3/c1-2-15-11(13)6-4-8-7-9-3-5-10(8)12(9)14/h3,5,8-10,12,14H,2,4,6-7H2,1H3. The normalized spacial score (nSPS) is 37.2. The Kier molecular flexibility index (Phi) is 3.10. The van der Waals surface area contributed by atoms with Crippen LogP contribution in [0.5, 0.6) is 0 Å². The average Bonchev–Trinajstić information content (AvgIpc) is 2.72. The zero-order valence-corrected chi connectivity index (χ0v) is 9.06. The molecule has 2 aliphatic rings. The lowest BCUT2D eigenvalue weighted by Gasteiger charge is -2.17. The van der Waals surface area contributed by atoms with E-state index in [4.69, 9.17) is 4.74 Å². The Labute approximate surface area is 90.1 Å². The number of ether oxygens (including phenoxy) is 1. The van der Waals surface area contributed by atoms with Crippen LogP contribution < -0.4 is 0 Å². The largest absolute Gasteiger partial charge is 0.466 e. The molecule has 0 aromatic heterocycles. The lowest BCUT2D eigenvalue weighted by atomic mass is 9.89. The fourth-order valence-corrected chi connectivity index (χ4v) is 2.79. The van der Waals surface area contributed by atoms with Gasteiger partial charge in [0.2, 0.25) is 0 Å². The maximum Gasteiger partial charge on any atom is 0.305 e. The lowest BCUT2D eigenvalue weighted by molar-refractivity contribution is -0.143. The van der Waals surface area contributed by atoms with Gasteiger partial charge >= 0.3 is 5.97 Å². The molecule has 15 heavy (non-hydrogen) atoms. The Morgan fingerprint density at radius 2 is 2.33 bits per heavy atom. The minimum atomic E-state index is -0.197. The van der Waals surface area contributed by atoms with Crippen molar-refractivity contribution in [3.63, 3.8) is 0 Å². The van der Waals surface area contributed by atoms with Gasteiger partial charge in [0.05, 0.1) is 12.7 Å². The summed E-state index contributed by atoms with van der Waals surface area (Å²) >= 11 is 0. The third-order valence-electron chi connectivity index (χ3n) is 3.56. The van der Waals surface area contributed by atoms with Crippen LogP contribution >= 0.6 is 0 Å². The first kappa shape index (κ1) is 10.7. The van der Waals surface area contributed by atoms with Crippen molar-refractivity contribution in [2.24, 2.45) is 17.8 Å². The molecule has 2 bridgehead atoms. The van der Waals surface area contributed by atoms with Crippen LogP contribution in [0.3, 0.4) is 0 Å². The van der Waals surface area contributed by atoms with Gasteiger partial charge in [-0.25, -0.2) is 0 Å². The van der Waals surface area contributed by atoms with Crippen molar-refractivity contribution in [2.75, 3.05) is 6.61 Å². The first-order chi connectivity index (χ1) is 7.22. The van der Waals surface area contributed by atoms with E-state index in [0.29, 0.717) is 24.9 Å². The minimum Gasteiger partial charge on any atom is -0.466 e. The van der Waals surface area contributed by atoms with E-state index < -0.39 is 0 Å². The van der Waals surface area contributed by atoms with Gasteiger partial charge in [0.25, 0.3) is 0 Å². The zero-order chi connectivity index (χ0) is 10.8. The summed E-state index contributed by atoms with van der Waals surface area (Å²) in [6, 6.07) is 0. The van der Waals surface area contributed by atoms with Crippen molar-refractivity contribution < 1.29 is 14.6 Å². The second-order valence-corrected chi connectivity index (χ2v) is 4.46. The van der Waals surface area contributed by atoms with Crippen LogP contribution in [0, 0.1) is 17.8 Å². The summed E-state index contributed by atoms with van der Waals surface area (Å²) in [5.74, 6) is 0.977. The number of fused-ring (bicyclic) bond motifs is 2. The molecule has 1 fully saturated rings. The van der Waals surface area contributed by atoms with Crippen LogP contribution in [-0.2, 0) is 9.53 Å². The van der Waals surface area contributed by atoms with Crippen molar-refractivity contribution in [2.45, 2.75) is 32.3 Å². The molecule has 0 spiro atoms. The van der Waals surface area contributed by atoms with E-state index in [2.05, 4.69) is 12.2 Å².